The van der Waals surface area contributed by atoms with E-state index in [1.54, 1.807) is 17.3 Å². The highest BCUT2D eigenvalue weighted by Crippen LogP contribution is 2.26. The first-order valence-electron chi connectivity index (χ1n) is 11.3. The summed E-state index contributed by atoms with van der Waals surface area (Å²) in [6.07, 6.45) is 7.75. The monoisotopic (exact) mass is 442 g/mol. The van der Waals surface area contributed by atoms with Crippen LogP contribution in [0.25, 0.3) is 11.3 Å². The van der Waals surface area contributed by atoms with E-state index in [1.807, 2.05) is 42.1 Å². The number of carbonyl (C=O) groups is 1. The Bertz CT molecular complexity index is 1180. The first-order valence-corrected chi connectivity index (χ1v) is 11.3. The summed E-state index contributed by atoms with van der Waals surface area (Å²) in [6, 6.07) is 10.1. The molecule has 3 aromatic rings. The summed E-state index contributed by atoms with van der Waals surface area (Å²) in [7, 11) is 0. The van der Waals surface area contributed by atoms with E-state index < -0.39 is 0 Å². The van der Waals surface area contributed by atoms with Crippen LogP contribution in [0.1, 0.15) is 34.8 Å². The molecule has 33 heavy (non-hydrogen) atoms. The molecule has 2 aliphatic heterocycles. The van der Waals surface area contributed by atoms with Gasteiger partial charge in [0.1, 0.15) is 0 Å². The Kier molecular flexibility index (Phi) is 5.75. The largest absolute Gasteiger partial charge is 0.336 e. The lowest BCUT2D eigenvalue weighted by Crippen LogP contribution is -2.49. The number of carbonyl (C=O) groups excluding carboxylic acids is 1. The van der Waals surface area contributed by atoms with Gasteiger partial charge in [0.2, 0.25) is 5.95 Å². The molecule has 2 saturated heterocycles. The van der Waals surface area contributed by atoms with Crippen molar-refractivity contribution in [3.8, 4) is 17.3 Å². The summed E-state index contributed by atoms with van der Waals surface area (Å²) in [5.41, 5.74) is 4.15. The van der Waals surface area contributed by atoms with Crippen molar-refractivity contribution in [3.63, 3.8) is 0 Å². The minimum atomic E-state index is -0.0467. The van der Waals surface area contributed by atoms with E-state index in [-0.39, 0.29) is 11.8 Å². The van der Waals surface area contributed by atoms with E-state index in [9.17, 15) is 4.79 Å². The van der Waals surface area contributed by atoms with Crippen molar-refractivity contribution in [3.05, 3.63) is 54.0 Å². The Labute approximate surface area is 192 Å². The van der Waals surface area contributed by atoms with Gasteiger partial charge in [0.25, 0.3) is 5.91 Å². The molecule has 9 heteroatoms. The van der Waals surface area contributed by atoms with Crippen LogP contribution in [0.5, 0.6) is 0 Å². The van der Waals surface area contributed by atoms with Gasteiger partial charge >= 0.3 is 0 Å². The predicted octanol–water partition coefficient (Wildman–Crippen LogP) is 2.91. The molecule has 0 aliphatic carbocycles. The number of anilines is 2. The van der Waals surface area contributed by atoms with Crippen LogP contribution in [-0.4, -0.2) is 56.7 Å². The van der Waals surface area contributed by atoms with E-state index in [4.69, 9.17) is 10.2 Å². The quantitative estimate of drug-likeness (QED) is 0.625. The third kappa shape index (κ3) is 4.43. The molecule has 0 spiro atoms. The van der Waals surface area contributed by atoms with E-state index in [0.717, 1.165) is 48.4 Å². The number of likely N-dealkylation sites (tertiary alicyclic amines) is 1. The Hall–Kier alpha value is -3.77. The fourth-order valence-corrected chi connectivity index (χ4v) is 4.28. The molecular formula is C24H26N8O. The zero-order chi connectivity index (χ0) is 22.8. The number of benzene rings is 1. The number of nitrogens with zero attached hydrogens (tertiary/aromatic N) is 6. The molecule has 2 aliphatic rings. The zero-order valence-corrected chi connectivity index (χ0v) is 18.5. The summed E-state index contributed by atoms with van der Waals surface area (Å²) >= 11 is 0. The average Bonchev–Trinajstić information content (AvgIpc) is 3.29. The lowest BCUT2D eigenvalue weighted by Gasteiger charge is -2.35. The molecule has 0 bridgehead atoms. The van der Waals surface area contributed by atoms with Gasteiger partial charge in [-0.1, -0.05) is 12.1 Å². The lowest BCUT2D eigenvalue weighted by atomic mass is 10.00. The number of hydrogen-bond donors (Lipinski definition) is 2. The van der Waals surface area contributed by atoms with Crippen LogP contribution in [0.2, 0.25) is 0 Å². The number of nitriles is 1. The lowest BCUT2D eigenvalue weighted by molar-refractivity contribution is 0.0577. The third-order valence-electron chi connectivity index (χ3n) is 6.27. The molecule has 9 nitrogen and oxygen atoms in total. The molecule has 1 aromatic carbocycles. The fourth-order valence-electron chi connectivity index (χ4n) is 4.28. The second kappa shape index (κ2) is 9.00. The summed E-state index contributed by atoms with van der Waals surface area (Å²) in [6.45, 7) is 5.01. The number of piperidine rings is 1. The second-order valence-corrected chi connectivity index (χ2v) is 8.65. The Morgan fingerprint density at radius 1 is 1.18 bits per heavy atom. The highest BCUT2D eigenvalue weighted by atomic mass is 16.2. The van der Waals surface area contributed by atoms with E-state index in [2.05, 4.69) is 26.8 Å². The minimum absolute atomic E-state index is 0.0411. The number of amides is 1. The van der Waals surface area contributed by atoms with Crippen LogP contribution in [-0.2, 0) is 0 Å². The Balaban J connectivity index is 1.29. The maximum Gasteiger partial charge on any atom is 0.253 e. The van der Waals surface area contributed by atoms with Crippen molar-refractivity contribution in [2.45, 2.75) is 25.8 Å². The van der Waals surface area contributed by atoms with E-state index in [0.29, 0.717) is 30.6 Å². The summed E-state index contributed by atoms with van der Waals surface area (Å²) in [4.78, 5) is 23.4. The molecule has 2 N–H and O–H groups in total. The molecule has 168 valence electrons. The van der Waals surface area contributed by atoms with Crippen molar-refractivity contribution in [1.82, 2.24) is 30.0 Å². The standard InChI is InChI=1S/C24H26N8O/c1-16-11-27-24(29-20-12-28-32(15-20)21-6-8-26-9-7-21)30-22(16)18-2-4-19(5-3-18)23(33)31-13-17(10-25)14-31/h2-5,11-12,15,17,21,26H,6-9,13-14H2,1H3,(H,27,29,30). The summed E-state index contributed by atoms with van der Waals surface area (Å²) in [5.74, 6) is 0.416. The van der Waals surface area contributed by atoms with Gasteiger partial charge in [-0.25, -0.2) is 9.97 Å². The van der Waals surface area contributed by atoms with Gasteiger partial charge in [-0.05, 0) is 50.6 Å². The van der Waals surface area contributed by atoms with E-state index >= 15 is 0 Å². The second-order valence-electron chi connectivity index (χ2n) is 8.65. The normalized spacial score (nSPS) is 16.8. The van der Waals surface area contributed by atoms with E-state index in [1.165, 1.54) is 0 Å². The van der Waals surface area contributed by atoms with Crippen molar-refractivity contribution >= 4 is 17.5 Å². The van der Waals surface area contributed by atoms with Gasteiger partial charge in [0.05, 0.1) is 35.6 Å². The topological polar surface area (TPSA) is 112 Å². The summed E-state index contributed by atoms with van der Waals surface area (Å²) < 4.78 is 2.02. The zero-order valence-electron chi connectivity index (χ0n) is 18.5. The first kappa shape index (κ1) is 21.1. The highest BCUT2D eigenvalue weighted by molar-refractivity contribution is 5.95. The van der Waals surface area contributed by atoms with Gasteiger partial charge in [-0.3, -0.25) is 9.48 Å². The highest BCUT2D eigenvalue weighted by Gasteiger charge is 2.31. The van der Waals surface area contributed by atoms with Crippen LogP contribution in [0.15, 0.2) is 42.9 Å². The molecule has 2 aromatic heterocycles. The van der Waals surface area contributed by atoms with Gasteiger partial charge in [-0.15, -0.1) is 0 Å². The molecular weight excluding hydrogens is 416 g/mol. The van der Waals surface area contributed by atoms with Crippen LogP contribution in [0.3, 0.4) is 0 Å². The molecule has 0 saturated carbocycles. The predicted molar refractivity (Wildman–Crippen MR) is 124 cm³/mol. The number of nitrogens with one attached hydrogen (secondary N) is 2. The maximum absolute atomic E-state index is 12.5. The summed E-state index contributed by atoms with van der Waals surface area (Å²) in [5, 5.41) is 20.1. The van der Waals surface area contributed by atoms with Crippen molar-refractivity contribution < 1.29 is 4.79 Å². The van der Waals surface area contributed by atoms with Crippen molar-refractivity contribution in [1.29, 1.82) is 5.26 Å². The smallest absolute Gasteiger partial charge is 0.253 e. The Morgan fingerprint density at radius 3 is 2.67 bits per heavy atom. The number of hydrogen-bond acceptors (Lipinski definition) is 7. The first-order chi connectivity index (χ1) is 16.1. The van der Waals surface area contributed by atoms with Crippen molar-refractivity contribution in [2.75, 3.05) is 31.5 Å². The minimum Gasteiger partial charge on any atom is -0.336 e. The van der Waals surface area contributed by atoms with Crippen molar-refractivity contribution in [2.24, 2.45) is 5.92 Å². The average molecular weight is 443 g/mol. The Morgan fingerprint density at radius 2 is 1.94 bits per heavy atom. The molecule has 2 fully saturated rings. The van der Waals surface area contributed by atoms with Gasteiger partial charge in [-0.2, -0.15) is 10.4 Å². The maximum atomic E-state index is 12.5. The molecule has 0 atom stereocenters. The van der Waals surface area contributed by atoms with Crippen LogP contribution < -0.4 is 10.6 Å². The third-order valence-corrected chi connectivity index (χ3v) is 6.27. The van der Waals surface area contributed by atoms with Gasteiger partial charge in [0.15, 0.2) is 0 Å². The number of rotatable bonds is 5. The molecule has 4 heterocycles. The molecule has 0 unspecified atom stereocenters. The van der Waals surface area contributed by atoms with Gasteiger partial charge < -0.3 is 15.5 Å². The number of aryl methyl sites for hydroxylation is 1. The SMILES string of the molecule is Cc1cnc(Nc2cnn(C3CCNCC3)c2)nc1-c1ccc(C(=O)N2CC(C#N)C2)cc1. The fraction of sp³-hybridized carbons (Fsp3) is 0.375. The van der Waals surface area contributed by atoms with Crippen LogP contribution in [0, 0.1) is 24.2 Å². The molecule has 5 rings (SSSR count). The van der Waals surface area contributed by atoms with Gasteiger partial charge in [0, 0.05) is 36.6 Å². The van der Waals surface area contributed by atoms with Crippen LogP contribution in [0.4, 0.5) is 11.6 Å². The molecule has 1 amide bonds. The van der Waals surface area contributed by atoms with Crippen LogP contribution >= 0.6 is 0 Å². The number of aromatic nitrogens is 4. The molecule has 0 radical (unpaired) electrons.